The molecule has 0 saturated heterocycles. The molecule has 0 aliphatic rings. The van der Waals surface area contributed by atoms with Crippen LogP contribution in [0.5, 0.6) is 0 Å². The van der Waals surface area contributed by atoms with Gasteiger partial charge in [0.1, 0.15) is 5.82 Å². The van der Waals surface area contributed by atoms with Crippen LogP contribution in [0.1, 0.15) is 18.1 Å². The van der Waals surface area contributed by atoms with Gasteiger partial charge in [0, 0.05) is 18.7 Å². The van der Waals surface area contributed by atoms with E-state index in [1.165, 1.54) is 29.5 Å². The van der Waals surface area contributed by atoms with E-state index < -0.39 is 0 Å². The summed E-state index contributed by atoms with van der Waals surface area (Å²) in [5.74, 6) is 0.226. The third-order valence-corrected chi connectivity index (χ3v) is 5.45. The topological polar surface area (TPSA) is 59.8 Å². The van der Waals surface area contributed by atoms with Crippen molar-refractivity contribution in [2.45, 2.75) is 37.3 Å². The number of amides is 1. The molecule has 1 N–H and O–H groups in total. The van der Waals surface area contributed by atoms with Crippen LogP contribution >= 0.6 is 11.8 Å². The van der Waals surface area contributed by atoms with E-state index in [1.54, 1.807) is 18.2 Å². The highest BCUT2D eigenvalue weighted by molar-refractivity contribution is 8.00. The van der Waals surface area contributed by atoms with Crippen molar-refractivity contribution in [2.24, 2.45) is 0 Å². The minimum absolute atomic E-state index is 0.0768. The average Bonchev–Trinajstić information content (AvgIpc) is 3.10. The number of carbonyl (C=O) groups is 1. The number of nitrogens with one attached hydrogen (secondary N) is 1. The molecule has 1 aromatic heterocycles. The van der Waals surface area contributed by atoms with Gasteiger partial charge in [-0.1, -0.05) is 47.7 Å². The standard InChI is InChI=1S/C22H23FN4OS/c1-4-13-27-20(18-9-11-19(23)12-10-18)25-26-22(27)29-16(3)21(28)24-14-17-7-5-15(2)6-8-17/h4-12,16H,1,13-14H2,2-3H3,(H,24,28)/t16-/m1/s1. The van der Waals surface area contributed by atoms with E-state index in [9.17, 15) is 9.18 Å². The summed E-state index contributed by atoms with van der Waals surface area (Å²) in [5, 5.41) is 11.7. The van der Waals surface area contributed by atoms with Gasteiger partial charge in [-0.15, -0.1) is 16.8 Å². The Morgan fingerprint density at radius 2 is 1.90 bits per heavy atom. The summed E-state index contributed by atoms with van der Waals surface area (Å²) in [7, 11) is 0. The molecular weight excluding hydrogens is 387 g/mol. The predicted octanol–water partition coefficient (Wildman–Crippen LogP) is 4.38. The van der Waals surface area contributed by atoms with Gasteiger partial charge in [-0.2, -0.15) is 0 Å². The summed E-state index contributed by atoms with van der Waals surface area (Å²) in [6.07, 6.45) is 1.74. The Morgan fingerprint density at radius 1 is 1.21 bits per heavy atom. The second kappa shape index (κ2) is 9.52. The lowest BCUT2D eigenvalue weighted by atomic mass is 10.1. The van der Waals surface area contributed by atoms with Crippen molar-refractivity contribution in [1.29, 1.82) is 0 Å². The van der Waals surface area contributed by atoms with Crippen LogP contribution in [0.15, 0.2) is 66.3 Å². The molecule has 1 atom stereocenters. The summed E-state index contributed by atoms with van der Waals surface area (Å²) in [5.41, 5.74) is 2.99. The lowest BCUT2D eigenvalue weighted by Gasteiger charge is -2.13. The number of aromatic nitrogens is 3. The van der Waals surface area contributed by atoms with Crippen LogP contribution in [0, 0.1) is 12.7 Å². The van der Waals surface area contributed by atoms with Gasteiger partial charge < -0.3 is 5.32 Å². The number of carbonyl (C=O) groups excluding carboxylic acids is 1. The van der Waals surface area contributed by atoms with E-state index in [4.69, 9.17) is 0 Å². The fourth-order valence-electron chi connectivity index (χ4n) is 2.73. The zero-order valence-electron chi connectivity index (χ0n) is 16.4. The van der Waals surface area contributed by atoms with Crippen molar-refractivity contribution in [3.63, 3.8) is 0 Å². The number of hydrogen-bond donors (Lipinski definition) is 1. The Bertz CT molecular complexity index is 983. The number of allylic oxidation sites excluding steroid dienone is 1. The summed E-state index contributed by atoms with van der Waals surface area (Å²) in [6.45, 7) is 8.61. The third-order valence-electron chi connectivity index (χ3n) is 4.37. The highest BCUT2D eigenvalue weighted by atomic mass is 32.2. The molecule has 5 nitrogen and oxygen atoms in total. The molecule has 0 saturated carbocycles. The van der Waals surface area contributed by atoms with E-state index >= 15 is 0 Å². The van der Waals surface area contributed by atoms with Crippen molar-refractivity contribution >= 4 is 17.7 Å². The maximum Gasteiger partial charge on any atom is 0.233 e. The monoisotopic (exact) mass is 410 g/mol. The van der Waals surface area contributed by atoms with Crippen LogP contribution in [0.2, 0.25) is 0 Å². The number of benzene rings is 2. The van der Waals surface area contributed by atoms with E-state index in [-0.39, 0.29) is 17.0 Å². The molecule has 29 heavy (non-hydrogen) atoms. The third kappa shape index (κ3) is 5.32. The number of thioether (sulfide) groups is 1. The Hall–Kier alpha value is -2.93. The molecule has 7 heteroatoms. The summed E-state index contributed by atoms with van der Waals surface area (Å²) < 4.78 is 15.1. The first-order valence-corrected chi connectivity index (χ1v) is 10.2. The first kappa shape index (κ1) is 20.8. The van der Waals surface area contributed by atoms with Crippen molar-refractivity contribution in [2.75, 3.05) is 0 Å². The highest BCUT2D eigenvalue weighted by Crippen LogP contribution is 2.27. The zero-order chi connectivity index (χ0) is 20.8. The molecule has 0 aliphatic heterocycles. The Morgan fingerprint density at radius 3 is 2.55 bits per heavy atom. The van der Waals surface area contributed by atoms with Gasteiger partial charge in [0.25, 0.3) is 0 Å². The number of aryl methyl sites for hydroxylation is 1. The summed E-state index contributed by atoms with van der Waals surface area (Å²) in [6, 6.07) is 14.1. The van der Waals surface area contributed by atoms with Crippen molar-refractivity contribution in [3.8, 4) is 11.4 Å². The number of halogens is 1. The highest BCUT2D eigenvalue weighted by Gasteiger charge is 2.20. The fourth-order valence-corrected chi connectivity index (χ4v) is 3.62. The van der Waals surface area contributed by atoms with E-state index in [0.29, 0.717) is 24.1 Å². The number of rotatable bonds is 8. The molecule has 0 bridgehead atoms. The van der Waals surface area contributed by atoms with Gasteiger partial charge in [0.2, 0.25) is 5.91 Å². The van der Waals surface area contributed by atoms with Crippen LogP contribution < -0.4 is 5.32 Å². The maximum atomic E-state index is 13.2. The molecule has 0 spiro atoms. The zero-order valence-corrected chi connectivity index (χ0v) is 17.2. The molecule has 3 aromatic rings. The molecule has 0 fully saturated rings. The minimum Gasteiger partial charge on any atom is -0.351 e. The largest absolute Gasteiger partial charge is 0.351 e. The fraction of sp³-hybridized carbons (Fsp3) is 0.227. The van der Waals surface area contributed by atoms with E-state index in [0.717, 1.165) is 11.1 Å². The smallest absolute Gasteiger partial charge is 0.233 e. The number of nitrogens with zero attached hydrogens (tertiary/aromatic N) is 3. The molecule has 150 valence electrons. The molecular formula is C22H23FN4OS. The van der Waals surface area contributed by atoms with Gasteiger partial charge in [-0.25, -0.2) is 4.39 Å². The Balaban J connectivity index is 1.69. The SMILES string of the molecule is C=CCn1c(S[C@H](C)C(=O)NCc2ccc(C)cc2)nnc1-c1ccc(F)cc1. The summed E-state index contributed by atoms with van der Waals surface area (Å²) in [4.78, 5) is 12.5. The van der Waals surface area contributed by atoms with Gasteiger partial charge in [-0.05, 0) is 43.7 Å². The second-order valence-electron chi connectivity index (χ2n) is 6.68. The van der Waals surface area contributed by atoms with Crippen LogP contribution in [-0.4, -0.2) is 25.9 Å². The van der Waals surface area contributed by atoms with Crippen molar-refractivity contribution in [3.05, 3.63) is 78.1 Å². The lowest BCUT2D eigenvalue weighted by molar-refractivity contribution is -0.120. The van der Waals surface area contributed by atoms with Gasteiger partial charge >= 0.3 is 0 Å². The Kier molecular flexibility index (Phi) is 6.82. The minimum atomic E-state index is -0.353. The van der Waals surface area contributed by atoms with E-state index in [2.05, 4.69) is 22.1 Å². The predicted molar refractivity (Wildman–Crippen MR) is 114 cm³/mol. The number of hydrogen-bond acceptors (Lipinski definition) is 4. The van der Waals surface area contributed by atoms with E-state index in [1.807, 2.05) is 42.7 Å². The molecule has 0 unspecified atom stereocenters. The second-order valence-corrected chi connectivity index (χ2v) is 7.98. The maximum absolute atomic E-state index is 13.2. The van der Waals surface area contributed by atoms with Crippen LogP contribution in [0.3, 0.4) is 0 Å². The molecule has 1 heterocycles. The van der Waals surface area contributed by atoms with Crippen LogP contribution in [0.25, 0.3) is 11.4 Å². The van der Waals surface area contributed by atoms with Crippen LogP contribution in [0.4, 0.5) is 4.39 Å². The summed E-state index contributed by atoms with van der Waals surface area (Å²) >= 11 is 1.33. The molecule has 1 amide bonds. The van der Waals surface area contributed by atoms with Crippen molar-refractivity contribution in [1.82, 2.24) is 20.1 Å². The first-order valence-electron chi connectivity index (χ1n) is 9.28. The van der Waals surface area contributed by atoms with Gasteiger partial charge in [0.05, 0.1) is 5.25 Å². The molecule has 3 rings (SSSR count). The quantitative estimate of drug-likeness (QED) is 0.442. The van der Waals surface area contributed by atoms with Crippen LogP contribution in [-0.2, 0) is 17.9 Å². The molecule has 2 aromatic carbocycles. The first-order chi connectivity index (χ1) is 14.0. The Labute approximate surface area is 174 Å². The van der Waals surface area contributed by atoms with Crippen molar-refractivity contribution < 1.29 is 9.18 Å². The average molecular weight is 411 g/mol. The normalized spacial score (nSPS) is 11.8. The van der Waals surface area contributed by atoms with Gasteiger partial charge in [0.15, 0.2) is 11.0 Å². The molecule has 0 radical (unpaired) electrons. The molecule has 0 aliphatic carbocycles. The lowest BCUT2D eigenvalue weighted by Crippen LogP contribution is -2.30. The van der Waals surface area contributed by atoms with Gasteiger partial charge in [-0.3, -0.25) is 9.36 Å².